The summed E-state index contributed by atoms with van der Waals surface area (Å²) in [6, 6.07) is 3.44. The quantitative estimate of drug-likeness (QED) is 0.759. The minimum absolute atomic E-state index is 0.0602. The number of aliphatic hydroxyl groups is 1. The summed E-state index contributed by atoms with van der Waals surface area (Å²) in [6.07, 6.45) is -4.80. The molecule has 0 bridgehead atoms. The Kier molecular flexibility index (Phi) is 2.93. The fourth-order valence-corrected chi connectivity index (χ4v) is 1.07. The maximum Gasteiger partial charge on any atom is 0.268 e. The van der Waals surface area contributed by atoms with Crippen molar-refractivity contribution in [2.75, 3.05) is 0 Å². The molecule has 72 valence electrons. The van der Waals surface area contributed by atoms with Crippen molar-refractivity contribution < 1.29 is 18.3 Å². The van der Waals surface area contributed by atoms with Gasteiger partial charge in [-0.05, 0) is 30.2 Å². The van der Waals surface area contributed by atoms with Gasteiger partial charge in [-0.25, -0.2) is 13.2 Å². The van der Waals surface area contributed by atoms with Gasteiger partial charge in [-0.2, -0.15) is 0 Å². The predicted octanol–water partition coefficient (Wildman–Crippen LogP) is 2.43. The lowest BCUT2D eigenvalue weighted by Crippen LogP contribution is -2.09. The van der Waals surface area contributed by atoms with Crippen molar-refractivity contribution in [1.82, 2.24) is 0 Å². The molecule has 1 nitrogen and oxygen atoms in total. The first-order chi connectivity index (χ1) is 6.02. The van der Waals surface area contributed by atoms with E-state index in [4.69, 9.17) is 5.11 Å². The summed E-state index contributed by atoms with van der Waals surface area (Å²) in [7, 11) is 0. The second kappa shape index (κ2) is 3.79. The Morgan fingerprint density at radius 1 is 1.31 bits per heavy atom. The molecule has 1 aromatic carbocycles. The standard InChI is InChI=1S/C9H9F3O/c1-5-2-3-6(10)4-7(5)8(13)9(11)12/h2-4,8-9,13H,1H3. The van der Waals surface area contributed by atoms with Gasteiger partial charge in [-0.3, -0.25) is 0 Å². The van der Waals surface area contributed by atoms with Gasteiger partial charge in [0.25, 0.3) is 6.43 Å². The van der Waals surface area contributed by atoms with Crippen LogP contribution in [0.3, 0.4) is 0 Å². The van der Waals surface area contributed by atoms with Gasteiger partial charge in [0.1, 0.15) is 11.9 Å². The molecule has 1 rings (SSSR count). The van der Waals surface area contributed by atoms with Gasteiger partial charge in [-0.15, -0.1) is 0 Å². The van der Waals surface area contributed by atoms with Gasteiger partial charge in [-0.1, -0.05) is 6.07 Å². The average Bonchev–Trinajstić information content (AvgIpc) is 2.08. The van der Waals surface area contributed by atoms with Crippen molar-refractivity contribution in [1.29, 1.82) is 0 Å². The normalized spacial score (nSPS) is 13.4. The third kappa shape index (κ3) is 2.21. The zero-order valence-electron chi connectivity index (χ0n) is 6.97. The third-order valence-corrected chi connectivity index (χ3v) is 1.80. The fraction of sp³-hybridized carbons (Fsp3) is 0.333. The Morgan fingerprint density at radius 2 is 1.92 bits per heavy atom. The highest BCUT2D eigenvalue weighted by atomic mass is 19.3. The number of aliphatic hydroxyl groups excluding tert-OH is 1. The van der Waals surface area contributed by atoms with Gasteiger partial charge in [0.2, 0.25) is 0 Å². The van der Waals surface area contributed by atoms with Crippen molar-refractivity contribution in [3.05, 3.63) is 35.1 Å². The van der Waals surface area contributed by atoms with Crippen LogP contribution in [0.1, 0.15) is 17.2 Å². The minimum Gasteiger partial charge on any atom is -0.382 e. The van der Waals surface area contributed by atoms with E-state index in [1.165, 1.54) is 6.07 Å². The highest BCUT2D eigenvalue weighted by Gasteiger charge is 2.21. The molecule has 13 heavy (non-hydrogen) atoms. The summed E-state index contributed by atoms with van der Waals surface area (Å²) in [5.41, 5.74) is 0.393. The number of alkyl halides is 2. The number of halogens is 3. The Morgan fingerprint density at radius 3 is 2.46 bits per heavy atom. The second-order valence-corrected chi connectivity index (χ2v) is 2.78. The molecule has 0 radical (unpaired) electrons. The fourth-order valence-electron chi connectivity index (χ4n) is 1.07. The summed E-state index contributed by atoms with van der Waals surface area (Å²) in [5, 5.41) is 8.99. The summed E-state index contributed by atoms with van der Waals surface area (Å²) >= 11 is 0. The largest absolute Gasteiger partial charge is 0.382 e. The number of rotatable bonds is 2. The smallest absolute Gasteiger partial charge is 0.268 e. The maximum absolute atomic E-state index is 12.6. The van der Waals surface area contributed by atoms with Crippen molar-refractivity contribution in [3.8, 4) is 0 Å². The Labute approximate surface area is 73.8 Å². The molecule has 0 amide bonds. The van der Waals surface area contributed by atoms with E-state index in [2.05, 4.69) is 0 Å². The van der Waals surface area contributed by atoms with Crippen LogP contribution in [0, 0.1) is 12.7 Å². The SMILES string of the molecule is Cc1ccc(F)cc1C(O)C(F)F. The molecule has 0 spiro atoms. The van der Waals surface area contributed by atoms with Crippen LogP contribution in [0.4, 0.5) is 13.2 Å². The molecule has 0 heterocycles. The van der Waals surface area contributed by atoms with Gasteiger partial charge in [0.15, 0.2) is 0 Å². The summed E-state index contributed by atoms with van der Waals surface area (Å²) < 4.78 is 36.7. The third-order valence-electron chi connectivity index (χ3n) is 1.80. The van der Waals surface area contributed by atoms with Crippen molar-refractivity contribution in [2.24, 2.45) is 0 Å². The van der Waals surface area contributed by atoms with E-state index >= 15 is 0 Å². The molecule has 4 heteroatoms. The van der Waals surface area contributed by atoms with Crippen LogP contribution in [0.5, 0.6) is 0 Å². The van der Waals surface area contributed by atoms with Crippen LogP contribution in [0.15, 0.2) is 18.2 Å². The van der Waals surface area contributed by atoms with Gasteiger partial charge in [0, 0.05) is 0 Å². The zero-order valence-corrected chi connectivity index (χ0v) is 6.97. The van der Waals surface area contributed by atoms with Crippen LogP contribution in [0.2, 0.25) is 0 Å². The molecule has 1 aromatic rings. The molecule has 0 saturated heterocycles. The first kappa shape index (κ1) is 10.1. The van der Waals surface area contributed by atoms with Crippen molar-refractivity contribution >= 4 is 0 Å². The molecule has 1 atom stereocenters. The van der Waals surface area contributed by atoms with Crippen LogP contribution < -0.4 is 0 Å². The van der Waals surface area contributed by atoms with Crippen LogP contribution in [0.25, 0.3) is 0 Å². The molecule has 0 aliphatic heterocycles. The van der Waals surface area contributed by atoms with E-state index in [-0.39, 0.29) is 5.56 Å². The number of hydrogen-bond donors (Lipinski definition) is 1. The Bertz CT molecular complexity index is 299. The topological polar surface area (TPSA) is 20.2 Å². The van der Waals surface area contributed by atoms with E-state index in [1.807, 2.05) is 0 Å². The molecular formula is C9H9F3O. The number of benzene rings is 1. The molecule has 1 unspecified atom stereocenters. The van der Waals surface area contributed by atoms with Crippen LogP contribution >= 0.6 is 0 Å². The van der Waals surface area contributed by atoms with Gasteiger partial charge >= 0.3 is 0 Å². The molecular weight excluding hydrogens is 181 g/mol. The lowest BCUT2D eigenvalue weighted by molar-refractivity contribution is -0.00627. The van der Waals surface area contributed by atoms with E-state index in [0.717, 1.165) is 12.1 Å². The lowest BCUT2D eigenvalue weighted by atomic mass is 10.0. The van der Waals surface area contributed by atoms with Gasteiger partial charge < -0.3 is 5.11 Å². The lowest BCUT2D eigenvalue weighted by Gasteiger charge is -2.12. The van der Waals surface area contributed by atoms with Crippen LogP contribution in [-0.2, 0) is 0 Å². The summed E-state index contributed by atoms with van der Waals surface area (Å²) in [4.78, 5) is 0. The van der Waals surface area contributed by atoms with Crippen molar-refractivity contribution in [2.45, 2.75) is 19.5 Å². The van der Waals surface area contributed by atoms with Gasteiger partial charge in [0.05, 0.1) is 0 Å². The zero-order chi connectivity index (χ0) is 10.0. The minimum atomic E-state index is -2.89. The molecule has 0 aliphatic carbocycles. The van der Waals surface area contributed by atoms with E-state index in [1.54, 1.807) is 6.92 Å². The highest BCUT2D eigenvalue weighted by Crippen LogP contribution is 2.23. The predicted molar refractivity (Wildman–Crippen MR) is 42.1 cm³/mol. The first-order valence-electron chi connectivity index (χ1n) is 3.74. The monoisotopic (exact) mass is 190 g/mol. The first-order valence-corrected chi connectivity index (χ1v) is 3.74. The van der Waals surface area contributed by atoms with E-state index < -0.39 is 18.3 Å². The summed E-state index contributed by atoms with van der Waals surface area (Å²) in [6.45, 7) is 1.54. The molecule has 1 N–H and O–H groups in total. The Balaban J connectivity index is 3.05. The number of aryl methyl sites for hydroxylation is 1. The molecule has 0 aliphatic rings. The highest BCUT2D eigenvalue weighted by molar-refractivity contribution is 5.28. The van der Waals surface area contributed by atoms with E-state index in [9.17, 15) is 13.2 Å². The Hall–Kier alpha value is -1.03. The summed E-state index contributed by atoms with van der Waals surface area (Å²) in [5.74, 6) is -0.625. The van der Waals surface area contributed by atoms with Crippen LogP contribution in [-0.4, -0.2) is 11.5 Å². The molecule has 0 aromatic heterocycles. The average molecular weight is 190 g/mol. The second-order valence-electron chi connectivity index (χ2n) is 2.78. The van der Waals surface area contributed by atoms with Crippen molar-refractivity contribution in [3.63, 3.8) is 0 Å². The number of hydrogen-bond acceptors (Lipinski definition) is 1. The molecule has 0 saturated carbocycles. The molecule has 0 fully saturated rings. The maximum atomic E-state index is 12.6. The van der Waals surface area contributed by atoms with E-state index in [0.29, 0.717) is 5.56 Å².